The van der Waals surface area contributed by atoms with E-state index in [-0.39, 0.29) is 0 Å². The Morgan fingerprint density at radius 3 is 2.95 bits per heavy atom. The predicted molar refractivity (Wildman–Crippen MR) is 74.2 cm³/mol. The minimum atomic E-state index is 0.524. The van der Waals surface area contributed by atoms with Gasteiger partial charge in [-0.25, -0.2) is 4.68 Å². The van der Waals surface area contributed by atoms with Crippen LogP contribution in [-0.2, 0) is 11.3 Å². The molecule has 0 bridgehead atoms. The summed E-state index contributed by atoms with van der Waals surface area (Å²) in [6.45, 7) is 2.48. The van der Waals surface area contributed by atoms with E-state index in [1.807, 2.05) is 47.3 Å². The molecule has 1 aromatic heterocycles. The molecular weight excluding hydrogens is 238 g/mol. The van der Waals surface area contributed by atoms with Gasteiger partial charge in [0, 0.05) is 12.2 Å². The van der Waals surface area contributed by atoms with Gasteiger partial charge in [0.1, 0.15) is 0 Å². The van der Waals surface area contributed by atoms with Crippen LogP contribution in [0.15, 0.2) is 42.6 Å². The van der Waals surface area contributed by atoms with Crippen molar-refractivity contribution in [3.63, 3.8) is 0 Å². The topological polar surface area (TPSA) is 39.1 Å². The van der Waals surface area contributed by atoms with Crippen LogP contribution in [0.5, 0.6) is 0 Å². The number of hydrogen-bond donors (Lipinski definition) is 1. The molecule has 4 heteroatoms. The Morgan fingerprint density at radius 2 is 2.16 bits per heavy atom. The van der Waals surface area contributed by atoms with Crippen LogP contribution in [0, 0.1) is 0 Å². The normalized spacial score (nSPS) is 18.8. The van der Waals surface area contributed by atoms with Crippen molar-refractivity contribution in [2.24, 2.45) is 0 Å². The van der Waals surface area contributed by atoms with E-state index in [2.05, 4.69) is 10.4 Å². The average Bonchev–Trinajstić information content (AvgIpc) is 3.11. The van der Waals surface area contributed by atoms with Gasteiger partial charge >= 0.3 is 0 Å². The van der Waals surface area contributed by atoms with E-state index in [0.717, 1.165) is 24.5 Å². The maximum absolute atomic E-state index is 5.71. The molecule has 0 amide bonds. The van der Waals surface area contributed by atoms with Gasteiger partial charge in [-0.15, -0.1) is 0 Å². The van der Waals surface area contributed by atoms with E-state index in [1.54, 1.807) is 0 Å². The highest BCUT2D eigenvalue weighted by molar-refractivity contribution is 5.30. The Morgan fingerprint density at radius 1 is 1.26 bits per heavy atom. The number of rotatable bonds is 5. The molecule has 1 aromatic carbocycles. The van der Waals surface area contributed by atoms with Crippen LogP contribution in [0.4, 0.5) is 0 Å². The molecule has 3 rings (SSSR count). The summed E-state index contributed by atoms with van der Waals surface area (Å²) < 4.78 is 7.60. The summed E-state index contributed by atoms with van der Waals surface area (Å²) in [5, 5.41) is 7.94. The van der Waals surface area contributed by atoms with Crippen LogP contribution in [0.25, 0.3) is 5.69 Å². The third-order valence-corrected chi connectivity index (χ3v) is 3.40. The molecule has 1 fully saturated rings. The molecule has 19 heavy (non-hydrogen) atoms. The van der Waals surface area contributed by atoms with Crippen molar-refractivity contribution in [3.05, 3.63) is 48.3 Å². The molecule has 1 N–H and O–H groups in total. The Hall–Kier alpha value is -1.65. The first-order valence-electron chi connectivity index (χ1n) is 6.83. The van der Waals surface area contributed by atoms with E-state index < -0.39 is 0 Å². The predicted octanol–water partition coefficient (Wildman–Crippen LogP) is 2.14. The molecule has 0 saturated carbocycles. The summed E-state index contributed by atoms with van der Waals surface area (Å²) in [5.41, 5.74) is 2.05. The minimum absolute atomic E-state index is 0.524. The molecule has 100 valence electrons. The van der Waals surface area contributed by atoms with Crippen LogP contribution >= 0.6 is 0 Å². The van der Waals surface area contributed by atoms with E-state index in [9.17, 15) is 0 Å². The maximum Gasteiger partial charge on any atom is 0.0907 e. The smallest absolute Gasteiger partial charge is 0.0907 e. The number of benzene rings is 1. The van der Waals surface area contributed by atoms with E-state index in [4.69, 9.17) is 4.74 Å². The van der Waals surface area contributed by atoms with Crippen LogP contribution < -0.4 is 5.32 Å². The highest BCUT2D eigenvalue weighted by Gasteiger charge is 2.13. The molecule has 1 atom stereocenters. The van der Waals surface area contributed by atoms with Gasteiger partial charge in [-0.3, -0.25) is 0 Å². The zero-order valence-corrected chi connectivity index (χ0v) is 11.0. The SMILES string of the molecule is c1ccc(-n2ccc(COCC3CCCN3)n2)cc1. The summed E-state index contributed by atoms with van der Waals surface area (Å²) in [7, 11) is 0. The lowest BCUT2D eigenvalue weighted by atomic mass is 10.2. The molecule has 1 unspecified atom stereocenters. The number of ether oxygens (including phenoxy) is 1. The zero-order chi connectivity index (χ0) is 12.9. The second-order valence-electron chi connectivity index (χ2n) is 4.90. The number of nitrogens with one attached hydrogen (secondary N) is 1. The number of nitrogens with zero attached hydrogens (tertiary/aromatic N) is 2. The molecule has 4 nitrogen and oxygen atoms in total. The second kappa shape index (κ2) is 5.99. The van der Waals surface area contributed by atoms with Gasteiger partial charge in [0.25, 0.3) is 0 Å². The number of para-hydroxylation sites is 1. The third kappa shape index (κ3) is 3.22. The van der Waals surface area contributed by atoms with Crippen molar-refractivity contribution in [2.75, 3.05) is 13.2 Å². The van der Waals surface area contributed by atoms with Crippen molar-refractivity contribution in [3.8, 4) is 5.69 Å². The first-order valence-corrected chi connectivity index (χ1v) is 6.83. The fraction of sp³-hybridized carbons (Fsp3) is 0.400. The van der Waals surface area contributed by atoms with Gasteiger partial charge in [0.05, 0.1) is 24.6 Å². The van der Waals surface area contributed by atoms with Crippen molar-refractivity contribution < 1.29 is 4.74 Å². The molecule has 0 spiro atoms. The van der Waals surface area contributed by atoms with Crippen LogP contribution in [0.2, 0.25) is 0 Å². The first kappa shape index (κ1) is 12.4. The van der Waals surface area contributed by atoms with Crippen LogP contribution in [-0.4, -0.2) is 29.0 Å². The summed E-state index contributed by atoms with van der Waals surface area (Å²) >= 11 is 0. The maximum atomic E-state index is 5.71. The van der Waals surface area contributed by atoms with Crippen LogP contribution in [0.3, 0.4) is 0 Å². The molecule has 1 aliphatic heterocycles. The lowest BCUT2D eigenvalue weighted by Gasteiger charge is -2.09. The first-order chi connectivity index (χ1) is 9.42. The number of hydrogen-bond acceptors (Lipinski definition) is 3. The van der Waals surface area contributed by atoms with E-state index in [0.29, 0.717) is 12.6 Å². The second-order valence-corrected chi connectivity index (χ2v) is 4.90. The lowest BCUT2D eigenvalue weighted by molar-refractivity contribution is 0.101. The average molecular weight is 257 g/mol. The fourth-order valence-electron chi connectivity index (χ4n) is 2.37. The molecule has 1 saturated heterocycles. The van der Waals surface area contributed by atoms with E-state index in [1.165, 1.54) is 12.8 Å². The molecule has 0 radical (unpaired) electrons. The molecular formula is C15H19N3O. The molecule has 2 aromatic rings. The van der Waals surface area contributed by atoms with Crippen molar-refractivity contribution in [2.45, 2.75) is 25.5 Å². The van der Waals surface area contributed by atoms with Gasteiger partial charge in [0.15, 0.2) is 0 Å². The highest BCUT2D eigenvalue weighted by atomic mass is 16.5. The quantitative estimate of drug-likeness (QED) is 0.892. The number of aromatic nitrogens is 2. The summed E-state index contributed by atoms with van der Waals surface area (Å²) in [4.78, 5) is 0. The summed E-state index contributed by atoms with van der Waals surface area (Å²) in [6.07, 6.45) is 4.46. The zero-order valence-electron chi connectivity index (χ0n) is 11.0. The van der Waals surface area contributed by atoms with Crippen molar-refractivity contribution in [1.82, 2.24) is 15.1 Å². The third-order valence-electron chi connectivity index (χ3n) is 3.40. The lowest BCUT2D eigenvalue weighted by Crippen LogP contribution is -2.26. The highest BCUT2D eigenvalue weighted by Crippen LogP contribution is 2.09. The van der Waals surface area contributed by atoms with Gasteiger partial charge in [-0.05, 0) is 37.6 Å². The van der Waals surface area contributed by atoms with Gasteiger partial charge in [-0.1, -0.05) is 18.2 Å². The monoisotopic (exact) mass is 257 g/mol. The van der Waals surface area contributed by atoms with Gasteiger partial charge < -0.3 is 10.1 Å². The van der Waals surface area contributed by atoms with Crippen molar-refractivity contribution >= 4 is 0 Å². The summed E-state index contributed by atoms with van der Waals surface area (Å²) in [6, 6.07) is 12.6. The molecule has 2 heterocycles. The Balaban J connectivity index is 1.53. The fourth-order valence-corrected chi connectivity index (χ4v) is 2.37. The molecule has 1 aliphatic rings. The Bertz CT molecular complexity index is 503. The largest absolute Gasteiger partial charge is 0.373 e. The van der Waals surface area contributed by atoms with E-state index >= 15 is 0 Å². The standard InChI is InChI=1S/C15H19N3O/c1-2-6-15(7-3-1)18-10-8-14(17-18)12-19-11-13-5-4-9-16-13/h1-3,6-8,10,13,16H,4-5,9,11-12H2. The van der Waals surface area contributed by atoms with Gasteiger partial charge in [-0.2, -0.15) is 5.10 Å². The van der Waals surface area contributed by atoms with Crippen LogP contribution in [0.1, 0.15) is 18.5 Å². The van der Waals surface area contributed by atoms with Gasteiger partial charge in [0.2, 0.25) is 0 Å². The molecule has 0 aliphatic carbocycles. The Kier molecular flexibility index (Phi) is 3.91. The summed E-state index contributed by atoms with van der Waals surface area (Å²) in [5.74, 6) is 0. The van der Waals surface area contributed by atoms with Crippen molar-refractivity contribution in [1.29, 1.82) is 0 Å². The Labute approximate surface area is 113 Å². The minimum Gasteiger partial charge on any atom is -0.373 e.